The van der Waals surface area contributed by atoms with Gasteiger partial charge in [0.2, 0.25) is 0 Å². The smallest absolute Gasteiger partial charge is 0.255 e. The molecule has 2 aromatic heterocycles. The average Bonchev–Trinajstić information content (AvgIpc) is 2.47. The van der Waals surface area contributed by atoms with Crippen molar-refractivity contribution >= 4 is 21.6 Å². The third-order valence-electron chi connectivity index (χ3n) is 1.63. The summed E-state index contributed by atoms with van der Waals surface area (Å²) in [5.74, 6) is 0. The molecule has 0 fully saturated rings. The average molecular weight is 203 g/mol. The lowest BCUT2D eigenvalue weighted by atomic mass is 10.2. The molecule has 2 rings (SSSR count). The van der Waals surface area contributed by atoms with E-state index in [1.807, 2.05) is 0 Å². The van der Waals surface area contributed by atoms with E-state index < -0.39 is 11.7 Å². The second-order valence-corrected chi connectivity index (χ2v) is 3.47. The lowest BCUT2D eigenvalue weighted by Crippen LogP contribution is -2.04. The zero-order chi connectivity index (χ0) is 9.47. The number of hydrogen-bond donors (Lipinski definition) is 0. The van der Waals surface area contributed by atoms with Gasteiger partial charge in [0, 0.05) is 6.20 Å². The molecule has 2 aromatic rings. The van der Waals surface area contributed by atoms with Gasteiger partial charge in [-0.2, -0.15) is 13.2 Å². The van der Waals surface area contributed by atoms with E-state index in [2.05, 4.69) is 4.98 Å². The molecule has 0 aromatic carbocycles. The fourth-order valence-corrected chi connectivity index (χ4v) is 1.78. The standard InChI is InChI=1S/C8H4F3NS/c9-8(10,11)5-3-7-6(12-4-5)1-2-13-7/h1-4H. The van der Waals surface area contributed by atoms with Crippen molar-refractivity contribution in [3.8, 4) is 0 Å². The Bertz CT molecular complexity index is 432. The molecular weight excluding hydrogens is 199 g/mol. The van der Waals surface area contributed by atoms with Crippen LogP contribution in [0.1, 0.15) is 5.56 Å². The van der Waals surface area contributed by atoms with Crippen LogP contribution in [0.25, 0.3) is 10.2 Å². The predicted molar refractivity (Wildman–Crippen MR) is 44.6 cm³/mol. The second-order valence-electron chi connectivity index (χ2n) is 2.53. The van der Waals surface area contributed by atoms with Crippen molar-refractivity contribution in [3.63, 3.8) is 0 Å². The van der Waals surface area contributed by atoms with Gasteiger partial charge in [0.05, 0.1) is 15.8 Å². The van der Waals surface area contributed by atoms with Crippen LogP contribution in [-0.4, -0.2) is 4.98 Å². The Morgan fingerprint density at radius 3 is 2.77 bits per heavy atom. The van der Waals surface area contributed by atoms with Gasteiger partial charge >= 0.3 is 6.18 Å². The van der Waals surface area contributed by atoms with Crippen molar-refractivity contribution in [2.75, 3.05) is 0 Å². The van der Waals surface area contributed by atoms with E-state index in [-0.39, 0.29) is 0 Å². The normalized spacial score (nSPS) is 12.2. The van der Waals surface area contributed by atoms with Crippen LogP contribution in [0.2, 0.25) is 0 Å². The van der Waals surface area contributed by atoms with Crippen LogP contribution >= 0.6 is 11.3 Å². The Morgan fingerprint density at radius 2 is 2.08 bits per heavy atom. The fraction of sp³-hybridized carbons (Fsp3) is 0.125. The minimum atomic E-state index is -4.30. The first-order valence-electron chi connectivity index (χ1n) is 3.48. The molecule has 0 atom stereocenters. The molecule has 1 nitrogen and oxygen atoms in total. The Labute approximate surface area is 75.8 Å². The van der Waals surface area contributed by atoms with E-state index in [9.17, 15) is 13.2 Å². The van der Waals surface area contributed by atoms with Crippen LogP contribution in [0, 0.1) is 0 Å². The van der Waals surface area contributed by atoms with E-state index in [1.165, 1.54) is 11.3 Å². The summed E-state index contributed by atoms with van der Waals surface area (Å²) in [5, 5.41) is 1.72. The highest BCUT2D eigenvalue weighted by molar-refractivity contribution is 7.17. The Kier molecular flexibility index (Phi) is 1.76. The van der Waals surface area contributed by atoms with E-state index in [4.69, 9.17) is 0 Å². The number of nitrogens with zero attached hydrogens (tertiary/aromatic N) is 1. The van der Waals surface area contributed by atoms with E-state index in [0.717, 1.165) is 12.3 Å². The molecule has 0 amide bonds. The molecule has 68 valence electrons. The maximum atomic E-state index is 12.2. The molecule has 0 aliphatic heterocycles. The van der Waals surface area contributed by atoms with Crippen molar-refractivity contribution in [2.45, 2.75) is 6.18 Å². The molecule has 2 heterocycles. The van der Waals surface area contributed by atoms with E-state index >= 15 is 0 Å². The Balaban J connectivity index is 2.61. The first-order valence-corrected chi connectivity index (χ1v) is 4.36. The number of halogens is 3. The molecule has 0 saturated carbocycles. The minimum absolute atomic E-state index is 0.565. The predicted octanol–water partition coefficient (Wildman–Crippen LogP) is 3.32. The zero-order valence-electron chi connectivity index (χ0n) is 6.30. The molecule has 5 heteroatoms. The largest absolute Gasteiger partial charge is 0.417 e. The van der Waals surface area contributed by atoms with Crippen molar-refractivity contribution < 1.29 is 13.2 Å². The van der Waals surface area contributed by atoms with Gasteiger partial charge in [0.1, 0.15) is 0 Å². The molecule has 0 aliphatic rings. The summed E-state index contributed by atoms with van der Waals surface area (Å²) in [6.07, 6.45) is -3.44. The van der Waals surface area contributed by atoms with Gasteiger partial charge in [0.15, 0.2) is 0 Å². The van der Waals surface area contributed by atoms with Crippen LogP contribution in [-0.2, 0) is 6.18 Å². The molecular formula is C8H4F3NS. The van der Waals surface area contributed by atoms with Gasteiger partial charge in [0.25, 0.3) is 0 Å². The lowest BCUT2D eigenvalue weighted by molar-refractivity contribution is -0.137. The van der Waals surface area contributed by atoms with Gasteiger partial charge in [-0.05, 0) is 17.5 Å². The van der Waals surface area contributed by atoms with E-state index in [0.29, 0.717) is 10.2 Å². The number of aromatic nitrogens is 1. The Morgan fingerprint density at radius 1 is 1.31 bits per heavy atom. The van der Waals surface area contributed by atoms with Crippen LogP contribution in [0.4, 0.5) is 13.2 Å². The third-order valence-corrected chi connectivity index (χ3v) is 2.48. The monoisotopic (exact) mass is 203 g/mol. The van der Waals surface area contributed by atoms with Crippen LogP contribution in [0.5, 0.6) is 0 Å². The SMILES string of the molecule is FC(F)(F)c1cnc2ccsc2c1. The van der Waals surface area contributed by atoms with Crippen LogP contribution < -0.4 is 0 Å². The molecule has 0 N–H and O–H groups in total. The second kappa shape index (κ2) is 2.70. The fourth-order valence-electron chi connectivity index (χ4n) is 1.00. The summed E-state index contributed by atoms with van der Waals surface area (Å²) in [5.41, 5.74) is -0.0829. The quantitative estimate of drug-likeness (QED) is 0.640. The van der Waals surface area contributed by atoms with Crippen molar-refractivity contribution in [1.29, 1.82) is 0 Å². The number of fused-ring (bicyclic) bond motifs is 1. The van der Waals surface area contributed by atoms with Crippen molar-refractivity contribution in [1.82, 2.24) is 4.98 Å². The topological polar surface area (TPSA) is 12.9 Å². The molecule has 0 spiro atoms. The summed E-state index contributed by atoms with van der Waals surface area (Å²) in [6, 6.07) is 2.81. The number of rotatable bonds is 0. The molecule has 0 aliphatic carbocycles. The summed E-state index contributed by atoms with van der Waals surface area (Å²) < 4.78 is 37.1. The summed E-state index contributed by atoms with van der Waals surface area (Å²) >= 11 is 1.26. The van der Waals surface area contributed by atoms with Gasteiger partial charge in [-0.15, -0.1) is 11.3 Å². The van der Waals surface area contributed by atoms with Gasteiger partial charge in [-0.3, -0.25) is 4.98 Å². The third kappa shape index (κ3) is 1.51. The molecule has 13 heavy (non-hydrogen) atoms. The van der Waals surface area contributed by atoms with Crippen LogP contribution in [0.3, 0.4) is 0 Å². The summed E-state index contributed by atoms with van der Waals surface area (Å²) in [4.78, 5) is 3.70. The molecule has 0 bridgehead atoms. The van der Waals surface area contributed by atoms with Gasteiger partial charge in [-0.1, -0.05) is 0 Å². The van der Waals surface area contributed by atoms with Crippen LogP contribution in [0.15, 0.2) is 23.7 Å². The maximum absolute atomic E-state index is 12.2. The number of hydrogen-bond acceptors (Lipinski definition) is 2. The Hall–Kier alpha value is -1.10. The zero-order valence-corrected chi connectivity index (χ0v) is 7.12. The maximum Gasteiger partial charge on any atom is 0.417 e. The summed E-state index contributed by atoms with van der Waals surface area (Å²) in [7, 11) is 0. The number of pyridine rings is 1. The number of alkyl halides is 3. The molecule has 0 unspecified atom stereocenters. The van der Waals surface area contributed by atoms with Crippen molar-refractivity contribution in [2.24, 2.45) is 0 Å². The van der Waals surface area contributed by atoms with Gasteiger partial charge in [-0.25, -0.2) is 0 Å². The highest BCUT2D eigenvalue weighted by Crippen LogP contribution is 2.31. The molecule has 0 saturated heterocycles. The van der Waals surface area contributed by atoms with Gasteiger partial charge < -0.3 is 0 Å². The lowest BCUT2D eigenvalue weighted by Gasteiger charge is -2.04. The number of thiophene rings is 1. The highest BCUT2D eigenvalue weighted by Gasteiger charge is 2.31. The van der Waals surface area contributed by atoms with E-state index in [1.54, 1.807) is 11.4 Å². The molecule has 0 radical (unpaired) electrons. The van der Waals surface area contributed by atoms with Crippen molar-refractivity contribution in [3.05, 3.63) is 29.3 Å². The first kappa shape index (κ1) is 8.50. The highest BCUT2D eigenvalue weighted by atomic mass is 32.1. The summed E-state index contributed by atoms with van der Waals surface area (Å²) in [6.45, 7) is 0. The first-order chi connectivity index (χ1) is 6.07. The minimum Gasteiger partial charge on any atom is -0.255 e.